The highest BCUT2D eigenvalue weighted by Gasteiger charge is 2.26. The van der Waals surface area contributed by atoms with Gasteiger partial charge in [0.25, 0.3) is 5.56 Å². The molecule has 0 radical (unpaired) electrons. The molecule has 2 rings (SSSR count). The maximum absolute atomic E-state index is 12.6. The smallest absolute Gasteiger partial charge is 0.305 e. The SMILES string of the molecule is O=C(O)CCN(C(=O)Cn1cc(Br)ccc1=O)C1CCOCC1. The topological polar surface area (TPSA) is 88.8 Å². The van der Waals surface area contributed by atoms with Crippen LogP contribution in [0.4, 0.5) is 0 Å². The van der Waals surface area contributed by atoms with Crippen molar-refractivity contribution in [2.24, 2.45) is 0 Å². The molecule has 8 heteroatoms. The second kappa shape index (κ2) is 8.26. The molecule has 1 aromatic heterocycles. The summed E-state index contributed by atoms with van der Waals surface area (Å²) in [4.78, 5) is 36.8. The fourth-order valence-electron chi connectivity index (χ4n) is 2.59. The number of hydrogen-bond donors (Lipinski definition) is 1. The Bertz CT molecular complexity index is 625. The molecule has 0 spiro atoms. The van der Waals surface area contributed by atoms with E-state index in [4.69, 9.17) is 9.84 Å². The summed E-state index contributed by atoms with van der Waals surface area (Å²) in [5.74, 6) is -1.20. The second-order valence-electron chi connectivity index (χ2n) is 5.39. The number of aromatic nitrogens is 1. The van der Waals surface area contributed by atoms with Crippen molar-refractivity contribution in [1.29, 1.82) is 0 Å². The van der Waals surface area contributed by atoms with Gasteiger partial charge in [-0.1, -0.05) is 0 Å². The number of carboxylic acids is 1. The molecule has 126 valence electrons. The van der Waals surface area contributed by atoms with Crippen LogP contribution in [0.5, 0.6) is 0 Å². The highest BCUT2D eigenvalue weighted by molar-refractivity contribution is 9.10. The van der Waals surface area contributed by atoms with Crippen LogP contribution in [-0.4, -0.2) is 52.3 Å². The number of carbonyl (C=O) groups excluding carboxylic acids is 1. The van der Waals surface area contributed by atoms with Gasteiger partial charge >= 0.3 is 5.97 Å². The number of carboxylic acid groups (broad SMARTS) is 1. The molecule has 1 saturated heterocycles. The first-order valence-corrected chi connectivity index (χ1v) is 8.21. The average molecular weight is 387 g/mol. The molecular weight excluding hydrogens is 368 g/mol. The standard InChI is InChI=1S/C15H19BrN2O5/c16-11-1-2-13(19)17(9-11)10-14(20)18(6-3-15(21)22)12-4-7-23-8-5-12/h1-2,9,12H,3-8,10H2,(H,21,22). The van der Waals surface area contributed by atoms with E-state index in [0.29, 0.717) is 30.5 Å². The maximum Gasteiger partial charge on any atom is 0.305 e. The van der Waals surface area contributed by atoms with E-state index in [9.17, 15) is 14.4 Å². The fraction of sp³-hybridized carbons (Fsp3) is 0.533. The van der Waals surface area contributed by atoms with E-state index >= 15 is 0 Å². The molecule has 1 N–H and O–H groups in total. The largest absolute Gasteiger partial charge is 0.481 e. The van der Waals surface area contributed by atoms with Gasteiger partial charge in [-0.05, 0) is 34.8 Å². The minimum Gasteiger partial charge on any atom is -0.481 e. The molecule has 1 amide bonds. The molecule has 1 aliphatic rings. The zero-order valence-electron chi connectivity index (χ0n) is 12.6. The third-order valence-corrected chi connectivity index (χ3v) is 4.24. The van der Waals surface area contributed by atoms with E-state index in [1.807, 2.05) is 0 Å². The first kappa shape index (κ1) is 17.7. The Balaban J connectivity index is 2.12. The van der Waals surface area contributed by atoms with E-state index in [1.54, 1.807) is 17.2 Å². The van der Waals surface area contributed by atoms with Crippen molar-refractivity contribution >= 4 is 27.8 Å². The van der Waals surface area contributed by atoms with Crippen molar-refractivity contribution in [2.45, 2.75) is 31.8 Å². The van der Waals surface area contributed by atoms with Crippen LogP contribution in [0.2, 0.25) is 0 Å². The lowest BCUT2D eigenvalue weighted by atomic mass is 10.1. The summed E-state index contributed by atoms with van der Waals surface area (Å²) < 4.78 is 7.31. The maximum atomic E-state index is 12.6. The number of halogens is 1. The lowest BCUT2D eigenvalue weighted by Crippen LogP contribution is -2.46. The molecule has 1 aliphatic heterocycles. The average Bonchev–Trinajstić information content (AvgIpc) is 2.52. The van der Waals surface area contributed by atoms with Crippen molar-refractivity contribution in [3.8, 4) is 0 Å². The van der Waals surface area contributed by atoms with E-state index in [1.165, 1.54) is 10.6 Å². The molecule has 0 aliphatic carbocycles. The summed E-state index contributed by atoms with van der Waals surface area (Å²) in [6.45, 7) is 1.15. The lowest BCUT2D eigenvalue weighted by Gasteiger charge is -2.34. The van der Waals surface area contributed by atoms with E-state index < -0.39 is 5.97 Å². The van der Waals surface area contributed by atoms with Crippen molar-refractivity contribution in [2.75, 3.05) is 19.8 Å². The summed E-state index contributed by atoms with van der Waals surface area (Å²) in [5, 5.41) is 8.89. The first-order chi connectivity index (χ1) is 11.0. The number of aliphatic carboxylic acids is 1. The van der Waals surface area contributed by atoms with E-state index in [0.717, 1.165) is 0 Å². The third kappa shape index (κ3) is 5.18. The number of carbonyl (C=O) groups is 2. The molecule has 0 saturated carbocycles. The Morgan fingerprint density at radius 2 is 2.04 bits per heavy atom. The van der Waals surface area contributed by atoms with Gasteiger partial charge in [-0.25, -0.2) is 0 Å². The number of amides is 1. The molecule has 1 aromatic rings. The molecule has 7 nitrogen and oxygen atoms in total. The molecule has 0 atom stereocenters. The van der Waals surface area contributed by atoms with Crippen LogP contribution < -0.4 is 5.56 Å². The Hall–Kier alpha value is -1.67. The van der Waals surface area contributed by atoms with Gasteiger partial charge in [0.05, 0.1) is 6.42 Å². The van der Waals surface area contributed by atoms with Crippen LogP contribution in [0.25, 0.3) is 0 Å². The number of rotatable bonds is 6. The van der Waals surface area contributed by atoms with Crippen LogP contribution >= 0.6 is 15.9 Å². The minimum absolute atomic E-state index is 0.0431. The predicted molar refractivity (Wildman–Crippen MR) is 86.2 cm³/mol. The van der Waals surface area contributed by atoms with E-state index in [-0.39, 0.29) is 37.0 Å². The van der Waals surface area contributed by atoms with Gasteiger partial charge in [-0.3, -0.25) is 14.4 Å². The number of pyridine rings is 1. The van der Waals surface area contributed by atoms with Crippen molar-refractivity contribution in [3.63, 3.8) is 0 Å². The highest BCUT2D eigenvalue weighted by Crippen LogP contribution is 2.16. The van der Waals surface area contributed by atoms with Gasteiger partial charge < -0.3 is 19.3 Å². The third-order valence-electron chi connectivity index (χ3n) is 3.77. The van der Waals surface area contributed by atoms with Gasteiger partial charge in [-0.15, -0.1) is 0 Å². The monoisotopic (exact) mass is 386 g/mol. The summed E-state index contributed by atoms with van der Waals surface area (Å²) in [7, 11) is 0. The van der Waals surface area contributed by atoms with Crippen LogP contribution in [0.3, 0.4) is 0 Å². The van der Waals surface area contributed by atoms with Gasteiger partial charge in [0.15, 0.2) is 0 Å². The number of hydrogen-bond acceptors (Lipinski definition) is 4. The number of nitrogens with zero attached hydrogens (tertiary/aromatic N) is 2. The van der Waals surface area contributed by atoms with Gasteiger partial charge in [0.1, 0.15) is 6.54 Å². The molecule has 0 unspecified atom stereocenters. The minimum atomic E-state index is -0.950. The molecular formula is C15H19BrN2O5. The van der Waals surface area contributed by atoms with E-state index in [2.05, 4.69) is 15.9 Å². The van der Waals surface area contributed by atoms with Crippen LogP contribution in [-0.2, 0) is 20.9 Å². The zero-order valence-corrected chi connectivity index (χ0v) is 14.2. The zero-order chi connectivity index (χ0) is 16.8. The summed E-state index contributed by atoms with van der Waals surface area (Å²) in [6.07, 6.45) is 2.80. The van der Waals surface area contributed by atoms with Crippen LogP contribution in [0.15, 0.2) is 27.6 Å². The Kier molecular flexibility index (Phi) is 6.35. The van der Waals surface area contributed by atoms with Crippen LogP contribution in [0.1, 0.15) is 19.3 Å². The molecule has 23 heavy (non-hydrogen) atoms. The Morgan fingerprint density at radius 1 is 1.35 bits per heavy atom. The van der Waals surface area contributed by atoms with Crippen LogP contribution in [0, 0.1) is 0 Å². The normalized spacial score (nSPS) is 15.3. The first-order valence-electron chi connectivity index (χ1n) is 7.42. The van der Waals surface area contributed by atoms with Gasteiger partial charge in [0.2, 0.25) is 5.91 Å². The molecule has 0 bridgehead atoms. The predicted octanol–water partition coefficient (Wildman–Crippen LogP) is 1.09. The van der Waals surface area contributed by atoms with Crippen molar-refractivity contribution in [3.05, 3.63) is 33.2 Å². The Labute approximate surface area is 142 Å². The molecule has 2 heterocycles. The quantitative estimate of drug-likeness (QED) is 0.790. The molecule has 1 fully saturated rings. The summed E-state index contributed by atoms with van der Waals surface area (Å²) in [6, 6.07) is 2.95. The van der Waals surface area contributed by atoms with Gasteiger partial charge in [-0.2, -0.15) is 0 Å². The van der Waals surface area contributed by atoms with Gasteiger partial charge in [0, 0.05) is 42.5 Å². The van der Waals surface area contributed by atoms with Crippen molar-refractivity contribution in [1.82, 2.24) is 9.47 Å². The van der Waals surface area contributed by atoms with Crippen molar-refractivity contribution < 1.29 is 19.4 Å². The molecule has 0 aromatic carbocycles. The lowest BCUT2D eigenvalue weighted by molar-refractivity contribution is -0.140. The Morgan fingerprint density at radius 3 is 2.70 bits per heavy atom. The highest BCUT2D eigenvalue weighted by atomic mass is 79.9. The number of ether oxygens (including phenoxy) is 1. The summed E-state index contributed by atoms with van der Waals surface area (Å²) >= 11 is 3.27. The fourth-order valence-corrected chi connectivity index (χ4v) is 2.97. The second-order valence-corrected chi connectivity index (χ2v) is 6.30. The summed E-state index contributed by atoms with van der Waals surface area (Å²) in [5.41, 5.74) is -0.272.